The van der Waals surface area contributed by atoms with Crippen molar-refractivity contribution in [1.29, 1.82) is 0 Å². The molecule has 9 heavy (non-hydrogen) atoms. The average Bonchev–Trinajstić information content (AvgIpc) is 0. The van der Waals surface area contributed by atoms with Crippen molar-refractivity contribution < 1.29 is 75.6 Å². The molecule has 0 aliphatic carbocycles. The van der Waals surface area contributed by atoms with Crippen molar-refractivity contribution in [2.75, 3.05) is 0 Å². The minimum absolute atomic E-state index is 0. The van der Waals surface area contributed by atoms with Crippen LogP contribution in [0, 0.1) is 0 Å². The fourth-order valence-corrected chi connectivity index (χ4v) is 0. The van der Waals surface area contributed by atoms with Crippen molar-refractivity contribution in [2.45, 2.75) is 0 Å². The molecule has 0 atom stereocenters. The molecule has 0 aromatic rings. The molecule has 0 saturated carbocycles. The largest absolute Gasteiger partial charge is 2.00 e. The van der Waals surface area contributed by atoms with Gasteiger partial charge in [-0.15, -0.1) is 0 Å². The minimum atomic E-state index is 0. The molecule has 0 saturated heterocycles. The summed E-state index contributed by atoms with van der Waals surface area (Å²) in [6.45, 7) is 0. The summed E-state index contributed by atoms with van der Waals surface area (Å²) < 4.78 is 0. The van der Waals surface area contributed by atoms with Gasteiger partial charge >= 0.3 is 75.6 Å². The monoisotopic (exact) mass is 202 g/mol. The first kappa shape index (κ1) is 233. The summed E-state index contributed by atoms with van der Waals surface area (Å²) in [6.07, 6.45) is 0. The SMILES string of the molecule is N.N.[NH2-].[NH2-].[NH2-].[NH2-].[Na+].[Na+].[Ni+2]. The van der Waals surface area contributed by atoms with Gasteiger partial charge in [-0.1, -0.05) is 0 Å². The molecule has 0 aliphatic rings. The molecule has 0 heterocycles. The number of hydrogen-bond acceptors (Lipinski definition) is 2. The number of rotatable bonds is 0. The standard InChI is InChI=1S/2H3N.4H2N.2Na.Ni/h2*1H3;4*1H2;;;/q;;4*-1;2*+1;+2. The quantitative estimate of drug-likeness (QED) is 0.399. The average molecular weight is 203 g/mol. The van der Waals surface area contributed by atoms with Gasteiger partial charge in [0.05, 0.1) is 0 Å². The fourth-order valence-electron chi connectivity index (χ4n) is 0. The molecule has 9 heteroatoms. The zero-order valence-electron chi connectivity index (χ0n) is 6.04. The summed E-state index contributed by atoms with van der Waals surface area (Å²) in [5.74, 6) is 0. The molecule has 0 amide bonds. The maximum atomic E-state index is 0. The zero-order chi connectivity index (χ0) is 0. The van der Waals surface area contributed by atoms with Gasteiger partial charge in [0.1, 0.15) is 0 Å². The van der Waals surface area contributed by atoms with Crippen molar-refractivity contribution in [3.05, 3.63) is 24.6 Å². The second kappa shape index (κ2) is 173. The minimum Gasteiger partial charge on any atom is -0.693 e. The Hall–Kier alpha value is 2.25. The van der Waals surface area contributed by atoms with Crippen LogP contribution < -0.4 is 71.4 Å². The molecule has 56 valence electrons. The third-order valence-corrected chi connectivity index (χ3v) is 0. The maximum absolute atomic E-state index is 0. The molecule has 0 fully saturated rings. The summed E-state index contributed by atoms with van der Waals surface area (Å²) in [4.78, 5) is 0. The Balaban J connectivity index is 0. The van der Waals surface area contributed by atoms with Crippen LogP contribution in [0.15, 0.2) is 0 Å². The Kier molecular flexibility index (Phi) is 4480. The van der Waals surface area contributed by atoms with Gasteiger partial charge in [0.25, 0.3) is 0 Å². The first-order valence-electron chi connectivity index (χ1n) is 0. The van der Waals surface area contributed by atoms with Crippen LogP contribution in [-0.4, -0.2) is 0 Å². The Morgan fingerprint density at radius 1 is 0.444 bits per heavy atom. The molecule has 0 aromatic carbocycles. The van der Waals surface area contributed by atoms with Crippen LogP contribution in [0.1, 0.15) is 0 Å². The van der Waals surface area contributed by atoms with E-state index in [-0.39, 0.29) is 113 Å². The van der Waals surface area contributed by atoms with Gasteiger partial charge in [-0.25, -0.2) is 0 Å². The van der Waals surface area contributed by atoms with Crippen LogP contribution in [-0.2, 0) is 16.5 Å². The normalized spacial score (nSPS) is 0. The molecule has 0 aromatic heterocycles. The van der Waals surface area contributed by atoms with Crippen LogP contribution in [0.2, 0.25) is 0 Å². The van der Waals surface area contributed by atoms with E-state index < -0.39 is 0 Å². The van der Waals surface area contributed by atoms with Crippen LogP contribution in [0.4, 0.5) is 0 Å². The van der Waals surface area contributed by atoms with E-state index in [2.05, 4.69) is 0 Å². The Labute approximate surface area is 111 Å². The van der Waals surface area contributed by atoms with Crippen molar-refractivity contribution in [3.63, 3.8) is 0 Å². The summed E-state index contributed by atoms with van der Waals surface area (Å²) >= 11 is 0. The summed E-state index contributed by atoms with van der Waals surface area (Å²) in [5.41, 5.74) is 0. The van der Waals surface area contributed by atoms with Gasteiger partial charge < -0.3 is 36.9 Å². The molecule has 0 rings (SSSR count). The van der Waals surface area contributed by atoms with Gasteiger partial charge in [0, 0.05) is 0 Å². The van der Waals surface area contributed by atoms with E-state index in [0.717, 1.165) is 0 Å². The van der Waals surface area contributed by atoms with Crippen LogP contribution in [0.25, 0.3) is 24.6 Å². The summed E-state index contributed by atoms with van der Waals surface area (Å²) in [6, 6.07) is 0. The molecular weight excluding hydrogens is 189 g/mol. The topological polar surface area (TPSA) is 204 Å². The van der Waals surface area contributed by atoms with Crippen molar-refractivity contribution in [2.24, 2.45) is 0 Å². The molecule has 0 spiro atoms. The summed E-state index contributed by atoms with van der Waals surface area (Å²) in [7, 11) is 0. The zero-order valence-corrected chi connectivity index (χ0v) is 11.0. The predicted octanol–water partition coefficient (Wildman–Crippen LogP) is -2.80. The smallest absolute Gasteiger partial charge is 0.693 e. The molecule has 0 unspecified atom stereocenters. The van der Waals surface area contributed by atoms with E-state index in [1.54, 1.807) is 0 Å². The second-order valence-electron chi connectivity index (χ2n) is 0. The Morgan fingerprint density at radius 2 is 0.444 bits per heavy atom. The van der Waals surface area contributed by atoms with E-state index in [0.29, 0.717) is 0 Å². The third-order valence-electron chi connectivity index (χ3n) is 0. The molecule has 0 radical (unpaired) electrons. The maximum Gasteiger partial charge on any atom is 2.00 e. The number of nitrogens with two attached hydrogens (primary N) is 4. The summed E-state index contributed by atoms with van der Waals surface area (Å²) in [5, 5.41) is 0. The van der Waals surface area contributed by atoms with E-state index in [1.165, 1.54) is 0 Å². The van der Waals surface area contributed by atoms with Crippen LogP contribution >= 0.6 is 0 Å². The molecule has 0 aliphatic heterocycles. The first-order chi connectivity index (χ1) is 0. The molecule has 6 nitrogen and oxygen atoms in total. The van der Waals surface area contributed by atoms with Gasteiger partial charge in [-0.2, -0.15) is 0 Å². The van der Waals surface area contributed by atoms with Crippen molar-refractivity contribution in [1.82, 2.24) is 12.3 Å². The van der Waals surface area contributed by atoms with Crippen LogP contribution in [0.3, 0.4) is 0 Å². The Bertz CT molecular complexity index is 11.0. The van der Waals surface area contributed by atoms with E-state index in [4.69, 9.17) is 0 Å². The van der Waals surface area contributed by atoms with Gasteiger partial charge in [-0.3, -0.25) is 0 Å². The van der Waals surface area contributed by atoms with Gasteiger partial charge in [-0.05, 0) is 0 Å². The first-order valence-corrected chi connectivity index (χ1v) is 0. The second-order valence-corrected chi connectivity index (χ2v) is 0. The molecule has 14 N–H and O–H groups in total. The van der Waals surface area contributed by atoms with Crippen molar-refractivity contribution in [3.8, 4) is 0 Å². The predicted molar refractivity (Wildman–Crippen MR) is 31.2 cm³/mol. The fraction of sp³-hybridized carbons (Fsp3) is 0. The number of hydrogen-bond donors (Lipinski definition) is 2. The van der Waals surface area contributed by atoms with Crippen molar-refractivity contribution >= 4 is 0 Å². The van der Waals surface area contributed by atoms with Gasteiger partial charge in [0.15, 0.2) is 0 Å². The molecule has 0 bridgehead atoms. The Morgan fingerprint density at radius 3 is 0.444 bits per heavy atom. The van der Waals surface area contributed by atoms with Crippen LogP contribution in [0.5, 0.6) is 0 Å². The molecular formula is H14N6Na2Ni. The van der Waals surface area contributed by atoms with Gasteiger partial charge in [0.2, 0.25) is 0 Å². The van der Waals surface area contributed by atoms with E-state index >= 15 is 0 Å². The van der Waals surface area contributed by atoms with E-state index in [1.807, 2.05) is 0 Å². The third kappa shape index (κ3) is 138. The van der Waals surface area contributed by atoms with E-state index in [9.17, 15) is 0 Å².